The Morgan fingerprint density at radius 1 is 1.40 bits per heavy atom. The van der Waals surface area contributed by atoms with E-state index in [1.807, 2.05) is 6.92 Å². The van der Waals surface area contributed by atoms with Crippen LogP contribution in [0.1, 0.15) is 32.9 Å². The first kappa shape index (κ1) is 14.1. The molecule has 2 aromatic rings. The van der Waals surface area contributed by atoms with Gasteiger partial charge in [-0.05, 0) is 26.0 Å². The van der Waals surface area contributed by atoms with E-state index >= 15 is 0 Å². The molecular weight excluding hydrogens is 278 g/mol. The molecule has 2 rings (SSSR count). The van der Waals surface area contributed by atoms with Crippen LogP contribution >= 0.6 is 11.3 Å². The Kier molecular flexibility index (Phi) is 4.41. The number of nitrogens with one attached hydrogen (secondary N) is 1. The van der Waals surface area contributed by atoms with Crippen LogP contribution in [-0.2, 0) is 4.74 Å². The lowest BCUT2D eigenvalue weighted by Crippen LogP contribution is -2.13. The van der Waals surface area contributed by atoms with Gasteiger partial charge in [-0.25, -0.2) is 9.78 Å². The quantitative estimate of drug-likeness (QED) is 0.874. The highest BCUT2D eigenvalue weighted by Gasteiger charge is 2.16. The van der Waals surface area contributed by atoms with Crippen LogP contribution < -0.4 is 5.32 Å². The van der Waals surface area contributed by atoms with E-state index in [0.29, 0.717) is 5.69 Å². The van der Waals surface area contributed by atoms with Gasteiger partial charge in [0.15, 0.2) is 0 Å². The van der Waals surface area contributed by atoms with Gasteiger partial charge < -0.3 is 10.1 Å². The fourth-order valence-electron chi connectivity index (χ4n) is 1.40. The minimum atomic E-state index is -0.520. The molecule has 6 nitrogen and oxygen atoms in total. The predicted molar refractivity (Wildman–Crippen MR) is 75.0 cm³/mol. The summed E-state index contributed by atoms with van der Waals surface area (Å²) in [6.07, 6.45) is 1.56. The number of carbonyl (C=O) groups excluding carboxylic acids is 2. The van der Waals surface area contributed by atoms with E-state index in [-0.39, 0.29) is 23.2 Å². The molecule has 0 aliphatic heterocycles. The van der Waals surface area contributed by atoms with Crippen LogP contribution in [0.25, 0.3) is 0 Å². The number of hydrogen-bond acceptors (Lipinski definition) is 6. The van der Waals surface area contributed by atoms with Crippen molar-refractivity contribution < 1.29 is 14.3 Å². The second-order valence-electron chi connectivity index (χ2n) is 3.90. The Balaban J connectivity index is 2.06. The van der Waals surface area contributed by atoms with Crippen molar-refractivity contribution in [3.05, 3.63) is 40.1 Å². The first-order chi connectivity index (χ1) is 9.60. The Labute approximate surface area is 119 Å². The number of hydrogen-bond donors (Lipinski definition) is 1. The van der Waals surface area contributed by atoms with Crippen molar-refractivity contribution in [1.29, 1.82) is 0 Å². The summed E-state index contributed by atoms with van der Waals surface area (Å²) in [6.45, 7) is 3.84. The second-order valence-corrected chi connectivity index (χ2v) is 4.76. The number of ether oxygens (including phenoxy) is 1. The van der Waals surface area contributed by atoms with Gasteiger partial charge in [-0.3, -0.25) is 9.78 Å². The van der Waals surface area contributed by atoms with E-state index in [2.05, 4.69) is 15.3 Å². The highest BCUT2D eigenvalue weighted by molar-refractivity contribution is 7.11. The van der Waals surface area contributed by atoms with Gasteiger partial charge in [0.2, 0.25) is 5.01 Å². The average molecular weight is 291 g/mol. The van der Waals surface area contributed by atoms with Gasteiger partial charge in [0.25, 0.3) is 5.91 Å². The van der Waals surface area contributed by atoms with Crippen LogP contribution in [0.2, 0.25) is 0 Å². The van der Waals surface area contributed by atoms with Crippen molar-refractivity contribution in [3.63, 3.8) is 0 Å². The van der Waals surface area contributed by atoms with Gasteiger partial charge >= 0.3 is 5.97 Å². The number of carbonyl (C=O) groups is 2. The molecule has 1 amide bonds. The standard InChI is InChI=1S/C13H13N3O3S/c1-3-19-13(18)12-16-10(7-20-12)11(17)15-9-5-4-8(2)14-6-9/h4-7H,3H2,1-2H3,(H,15,17). The third-order valence-electron chi connectivity index (χ3n) is 2.36. The third kappa shape index (κ3) is 3.39. The summed E-state index contributed by atoms with van der Waals surface area (Å²) in [5.41, 5.74) is 1.62. The first-order valence-corrected chi connectivity index (χ1v) is 6.84. The maximum Gasteiger partial charge on any atom is 0.367 e. The summed E-state index contributed by atoms with van der Waals surface area (Å²) in [5, 5.41) is 4.34. The Hall–Kier alpha value is -2.28. The van der Waals surface area contributed by atoms with Gasteiger partial charge in [-0.1, -0.05) is 0 Å². The van der Waals surface area contributed by atoms with E-state index in [1.54, 1.807) is 25.3 Å². The van der Waals surface area contributed by atoms with Crippen LogP contribution in [0, 0.1) is 6.92 Å². The maximum atomic E-state index is 11.9. The van der Waals surface area contributed by atoms with E-state index in [1.165, 1.54) is 5.38 Å². The van der Waals surface area contributed by atoms with Gasteiger partial charge in [-0.15, -0.1) is 11.3 Å². The molecule has 0 atom stereocenters. The molecule has 104 valence electrons. The van der Waals surface area contributed by atoms with Gasteiger partial charge in [0.1, 0.15) is 5.69 Å². The van der Waals surface area contributed by atoms with Crippen molar-refractivity contribution in [2.24, 2.45) is 0 Å². The molecular formula is C13H13N3O3S. The van der Waals surface area contributed by atoms with Gasteiger partial charge in [-0.2, -0.15) is 0 Å². The van der Waals surface area contributed by atoms with Gasteiger partial charge in [0.05, 0.1) is 18.5 Å². The minimum absolute atomic E-state index is 0.166. The lowest BCUT2D eigenvalue weighted by atomic mass is 10.3. The Morgan fingerprint density at radius 2 is 2.20 bits per heavy atom. The molecule has 2 heterocycles. The molecule has 0 radical (unpaired) electrons. The fourth-order valence-corrected chi connectivity index (χ4v) is 2.09. The number of aromatic nitrogens is 2. The number of aryl methyl sites for hydroxylation is 1. The lowest BCUT2D eigenvalue weighted by molar-refractivity contribution is 0.0526. The zero-order chi connectivity index (χ0) is 14.5. The number of esters is 1. The van der Waals surface area contributed by atoms with Gasteiger partial charge in [0, 0.05) is 11.1 Å². The maximum absolute atomic E-state index is 11.9. The molecule has 7 heteroatoms. The summed E-state index contributed by atoms with van der Waals surface area (Å²) >= 11 is 1.08. The van der Waals surface area contributed by atoms with Crippen molar-refractivity contribution in [2.75, 3.05) is 11.9 Å². The smallest absolute Gasteiger partial charge is 0.367 e. The molecule has 20 heavy (non-hydrogen) atoms. The summed E-state index contributed by atoms with van der Waals surface area (Å²) < 4.78 is 4.82. The number of amides is 1. The predicted octanol–water partition coefficient (Wildman–Crippen LogP) is 2.28. The largest absolute Gasteiger partial charge is 0.461 e. The molecule has 2 aromatic heterocycles. The summed E-state index contributed by atoms with van der Waals surface area (Å²) in [7, 11) is 0. The third-order valence-corrected chi connectivity index (χ3v) is 3.18. The molecule has 0 aliphatic rings. The molecule has 1 N–H and O–H groups in total. The molecule has 0 bridgehead atoms. The van der Waals surface area contributed by atoms with Crippen LogP contribution in [0.4, 0.5) is 5.69 Å². The van der Waals surface area contributed by atoms with Crippen molar-refractivity contribution in [2.45, 2.75) is 13.8 Å². The Bertz CT molecular complexity index is 622. The number of anilines is 1. The van der Waals surface area contributed by atoms with Crippen LogP contribution in [0.15, 0.2) is 23.7 Å². The lowest BCUT2D eigenvalue weighted by Gasteiger charge is -2.02. The topological polar surface area (TPSA) is 81.2 Å². The van der Waals surface area contributed by atoms with Crippen molar-refractivity contribution >= 4 is 28.9 Å². The molecule has 0 spiro atoms. The van der Waals surface area contributed by atoms with Crippen molar-refractivity contribution in [3.8, 4) is 0 Å². The highest BCUT2D eigenvalue weighted by Crippen LogP contribution is 2.13. The fraction of sp³-hybridized carbons (Fsp3) is 0.231. The highest BCUT2D eigenvalue weighted by atomic mass is 32.1. The Morgan fingerprint density at radius 3 is 2.85 bits per heavy atom. The number of thiazole rings is 1. The number of nitrogens with zero attached hydrogens (tertiary/aromatic N) is 2. The monoisotopic (exact) mass is 291 g/mol. The van der Waals surface area contributed by atoms with E-state index in [4.69, 9.17) is 4.74 Å². The summed E-state index contributed by atoms with van der Waals surface area (Å²) in [6, 6.07) is 3.54. The second kappa shape index (κ2) is 6.25. The van der Waals surface area contributed by atoms with E-state index in [0.717, 1.165) is 17.0 Å². The van der Waals surface area contributed by atoms with E-state index < -0.39 is 5.97 Å². The molecule has 0 saturated heterocycles. The van der Waals surface area contributed by atoms with Crippen LogP contribution in [0.5, 0.6) is 0 Å². The first-order valence-electron chi connectivity index (χ1n) is 5.97. The number of rotatable bonds is 4. The summed E-state index contributed by atoms with van der Waals surface area (Å²) in [5.74, 6) is -0.906. The SMILES string of the molecule is CCOC(=O)c1nc(C(=O)Nc2ccc(C)nc2)cs1. The molecule has 0 fully saturated rings. The minimum Gasteiger partial charge on any atom is -0.461 e. The molecule has 0 unspecified atom stereocenters. The normalized spacial score (nSPS) is 10.1. The molecule has 0 aliphatic carbocycles. The van der Waals surface area contributed by atoms with E-state index in [9.17, 15) is 9.59 Å². The zero-order valence-electron chi connectivity index (χ0n) is 11.0. The van der Waals surface area contributed by atoms with Crippen LogP contribution in [-0.4, -0.2) is 28.5 Å². The molecule has 0 aromatic carbocycles. The number of pyridine rings is 1. The van der Waals surface area contributed by atoms with Crippen LogP contribution in [0.3, 0.4) is 0 Å². The zero-order valence-corrected chi connectivity index (χ0v) is 11.9. The molecule has 0 saturated carbocycles. The average Bonchev–Trinajstić information content (AvgIpc) is 2.91. The van der Waals surface area contributed by atoms with Crippen molar-refractivity contribution in [1.82, 2.24) is 9.97 Å². The summed E-state index contributed by atoms with van der Waals surface area (Å²) in [4.78, 5) is 31.4.